The summed E-state index contributed by atoms with van der Waals surface area (Å²) in [6.45, 7) is 2.44. The SMILES string of the molecule is COc1ccc(CCC(=O)NC(C)(CN)C2CC2)cc1F. The Kier molecular flexibility index (Phi) is 4.83. The molecule has 1 unspecified atom stereocenters. The lowest BCUT2D eigenvalue weighted by Crippen LogP contribution is -2.53. The molecule has 0 bridgehead atoms. The quantitative estimate of drug-likeness (QED) is 0.808. The molecule has 1 saturated carbocycles. The lowest BCUT2D eigenvalue weighted by atomic mass is 9.95. The zero-order valence-electron chi connectivity index (χ0n) is 12.6. The maximum Gasteiger partial charge on any atom is 0.220 e. The first-order chi connectivity index (χ1) is 9.98. The van der Waals surface area contributed by atoms with Gasteiger partial charge in [0.2, 0.25) is 5.91 Å². The first-order valence-corrected chi connectivity index (χ1v) is 7.32. The molecule has 1 atom stereocenters. The van der Waals surface area contributed by atoms with Gasteiger partial charge in [0.15, 0.2) is 11.6 Å². The molecule has 1 amide bonds. The van der Waals surface area contributed by atoms with Gasteiger partial charge in [-0.1, -0.05) is 6.07 Å². The van der Waals surface area contributed by atoms with Crippen molar-refractivity contribution in [3.63, 3.8) is 0 Å². The first-order valence-electron chi connectivity index (χ1n) is 7.32. The third-order valence-corrected chi connectivity index (χ3v) is 4.18. The number of carbonyl (C=O) groups is 1. The molecule has 1 aromatic rings. The van der Waals surface area contributed by atoms with Gasteiger partial charge < -0.3 is 15.8 Å². The standard InChI is InChI=1S/C16H23FN2O2/c1-16(10-18,12-5-6-12)19-15(20)8-4-11-3-7-14(21-2)13(17)9-11/h3,7,9,12H,4-6,8,10,18H2,1-2H3,(H,19,20). The average molecular weight is 294 g/mol. The van der Waals surface area contributed by atoms with Crippen LogP contribution in [0.1, 0.15) is 31.7 Å². The summed E-state index contributed by atoms with van der Waals surface area (Å²) in [6, 6.07) is 4.77. The zero-order valence-corrected chi connectivity index (χ0v) is 12.6. The normalized spacial score (nSPS) is 17.1. The number of nitrogens with two attached hydrogens (primary N) is 1. The molecule has 1 aliphatic rings. The smallest absolute Gasteiger partial charge is 0.220 e. The maximum atomic E-state index is 13.6. The molecule has 0 spiro atoms. The number of hydrogen-bond acceptors (Lipinski definition) is 3. The maximum absolute atomic E-state index is 13.6. The summed E-state index contributed by atoms with van der Waals surface area (Å²) in [5.41, 5.74) is 6.26. The Labute approximate surface area is 124 Å². The van der Waals surface area contributed by atoms with E-state index in [2.05, 4.69) is 5.32 Å². The van der Waals surface area contributed by atoms with Gasteiger partial charge in [-0.2, -0.15) is 0 Å². The number of ether oxygens (including phenoxy) is 1. The number of methoxy groups -OCH3 is 1. The molecule has 5 heteroatoms. The van der Waals surface area contributed by atoms with Crippen LogP contribution in [0.15, 0.2) is 18.2 Å². The van der Waals surface area contributed by atoms with Crippen LogP contribution in [0.3, 0.4) is 0 Å². The summed E-state index contributed by atoms with van der Waals surface area (Å²) in [6.07, 6.45) is 3.07. The Balaban J connectivity index is 1.87. The van der Waals surface area contributed by atoms with Crippen LogP contribution in [-0.4, -0.2) is 25.1 Å². The predicted molar refractivity (Wildman–Crippen MR) is 79.6 cm³/mol. The van der Waals surface area contributed by atoms with Crippen molar-refractivity contribution in [2.24, 2.45) is 11.7 Å². The third kappa shape index (κ3) is 3.94. The Bertz CT molecular complexity index is 517. The molecule has 0 aromatic heterocycles. The summed E-state index contributed by atoms with van der Waals surface area (Å²) in [7, 11) is 1.43. The second-order valence-corrected chi connectivity index (χ2v) is 5.91. The minimum atomic E-state index is -0.403. The topological polar surface area (TPSA) is 64.3 Å². The van der Waals surface area contributed by atoms with Crippen molar-refractivity contribution < 1.29 is 13.9 Å². The van der Waals surface area contributed by atoms with Crippen molar-refractivity contribution in [2.75, 3.05) is 13.7 Å². The van der Waals surface area contributed by atoms with E-state index in [0.717, 1.165) is 18.4 Å². The number of rotatable bonds is 7. The van der Waals surface area contributed by atoms with Crippen LogP contribution in [0.5, 0.6) is 5.75 Å². The molecule has 1 aromatic carbocycles. The van der Waals surface area contributed by atoms with E-state index in [0.29, 0.717) is 25.3 Å². The molecule has 4 nitrogen and oxygen atoms in total. The summed E-state index contributed by atoms with van der Waals surface area (Å²) in [4.78, 5) is 12.0. The fourth-order valence-corrected chi connectivity index (χ4v) is 2.54. The van der Waals surface area contributed by atoms with Gasteiger partial charge >= 0.3 is 0 Å². The molecule has 1 fully saturated rings. The highest BCUT2D eigenvalue weighted by molar-refractivity contribution is 5.77. The van der Waals surface area contributed by atoms with Gasteiger partial charge in [-0.25, -0.2) is 4.39 Å². The number of hydrogen-bond donors (Lipinski definition) is 2. The van der Waals surface area contributed by atoms with Crippen molar-refractivity contribution in [3.8, 4) is 5.75 Å². The van der Waals surface area contributed by atoms with E-state index in [-0.39, 0.29) is 17.2 Å². The molecule has 3 N–H and O–H groups in total. The van der Waals surface area contributed by atoms with Gasteiger partial charge in [0, 0.05) is 13.0 Å². The van der Waals surface area contributed by atoms with Gasteiger partial charge in [-0.3, -0.25) is 4.79 Å². The molecule has 116 valence electrons. The van der Waals surface area contributed by atoms with Crippen molar-refractivity contribution in [3.05, 3.63) is 29.6 Å². The molecule has 2 rings (SSSR count). The first kappa shape index (κ1) is 15.8. The molecule has 21 heavy (non-hydrogen) atoms. The van der Waals surface area contributed by atoms with E-state index in [1.54, 1.807) is 12.1 Å². The lowest BCUT2D eigenvalue weighted by molar-refractivity contribution is -0.123. The predicted octanol–water partition coefficient (Wildman–Crippen LogP) is 2.01. The lowest BCUT2D eigenvalue weighted by Gasteiger charge is -2.29. The second-order valence-electron chi connectivity index (χ2n) is 5.91. The molecule has 0 aliphatic heterocycles. The van der Waals surface area contributed by atoms with E-state index in [1.165, 1.54) is 13.2 Å². The van der Waals surface area contributed by atoms with E-state index < -0.39 is 5.82 Å². The van der Waals surface area contributed by atoms with Gasteiger partial charge in [-0.15, -0.1) is 0 Å². The van der Waals surface area contributed by atoms with Gasteiger partial charge in [0.05, 0.1) is 12.6 Å². The highest BCUT2D eigenvalue weighted by Crippen LogP contribution is 2.39. The molecule has 0 radical (unpaired) electrons. The minimum Gasteiger partial charge on any atom is -0.494 e. The highest BCUT2D eigenvalue weighted by Gasteiger charge is 2.41. The monoisotopic (exact) mass is 294 g/mol. The minimum absolute atomic E-state index is 0.0360. The summed E-state index contributed by atoms with van der Waals surface area (Å²) >= 11 is 0. The van der Waals surface area contributed by atoms with Crippen LogP contribution in [0, 0.1) is 11.7 Å². The van der Waals surface area contributed by atoms with Crippen LogP contribution in [0.2, 0.25) is 0 Å². The van der Waals surface area contributed by atoms with Crippen molar-refractivity contribution in [1.82, 2.24) is 5.32 Å². The van der Waals surface area contributed by atoms with Crippen molar-refractivity contribution in [1.29, 1.82) is 0 Å². The number of benzene rings is 1. The Morgan fingerprint density at radius 2 is 2.24 bits per heavy atom. The van der Waals surface area contributed by atoms with E-state index in [1.807, 2.05) is 6.92 Å². The number of carbonyl (C=O) groups excluding carboxylic acids is 1. The average Bonchev–Trinajstić information content (AvgIpc) is 3.30. The Morgan fingerprint density at radius 3 is 2.76 bits per heavy atom. The molecule has 0 heterocycles. The van der Waals surface area contributed by atoms with E-state index >= 15 is 0 Å². The number of nitrogens with one attached hydrogen (secondary N) is 1. The molecular formula is C16H23FN2O2. The third-order valence-electron chi connectivity index (χ3n) is 4.18. The number of aryl methyl sites for hydroxylation is 1. The fourth-order valence-electron chi connectivity index (χ4n) is 2.54. The Hall–Kier alpha value is -1.62. The van der Waals surface area contributed by atoms with Gasteiger partial charge in [-0.05, 0) is 49.8 Å². The van der Waals surface area contributed by atoms with Crippen LogP contribution in [-0.2, 0) is 11.2 Å². The molecule has 1 aliphatic carbocycles. The van der Waals surface area contributed by atoms with Crippen LogP contribution in [0.25, 0.3) is 0 Å². The number of amides is 1. The zero-order chi connectivity index (χ0) is 15.5. The largest absolute Gasteiger partial charge is 0.494 e. The van der Waals surface area contributed by atoms with E-state index in [4.69, 9.17) is 10.5 Å². The van der Waals surface area contributed by atoms with Crippen LogP contribution < -0.4 is 15.8 Å². The molecular weight excluding hydrogens is 271 g/mol. The fraction of sp³-hybridized carbons (Fsp3) is 0.562. The summed E-state index contributed by atoms with van der Waals surface area (Å²) < 4.78 is 18.4. The summed E-state index contributed by atoms with van der Waals surface area (Å²) in [5, 5.41) is 3.03. The summed E-state index contributed by atoms with van der Waals surface area (Å²) in [5.74, 6) is 0.267. The highest BCUT2D eigenvalue weighted by atomic mass is 19.1. The van der Waals surface area contributed by atoms with E-state index in [9.17, 15) is 9.18 Å². The number of halogens is 1. The van der Waals surface area contributed by atoms with Crippen LogP contribution in [0.4, 0.5) is 4.39 Å². The van der Waals surface area contributed by atoms with Crippen molar-refractivity contribution in [2.45, 2.75) is 38.1 Å². The van der Waals surface area contributed by atoms with Gasteiger partial charge in [0.25, 0.3) is 0 Å². The Morgan fingerprint density at radius 1 is 1.52 bits per heavy atom. The second kappa shape index (κ2) is 6.43. The van der Waals surface area contributed by atoms with Gasteiger partial charge in [0.1, 0.15) is 0 Å². The molecule has 0 saturated heterocycles. The van der Waals surface area contributed by atoms with Crippen LogP contribution >= 0.6 is 0 Å². The van der Waals surface area contributed by atoms with Crippen molar-refractivity contribution >= 4 is 5.91 Å².